The third kappa shape index (κ3) is 5.04. The summed E-state index contributed by atoms with van der Waals surface area (Å²) in [6.45, 7) is 5.90. The molecular formula is C23H29N3O4. The molecule has 0 saturated carbocycles. The van der Waals surface area contributed by atoms with Crippen molar-refractivity contribution < 1.29 is 19.0 Å². The summed E-state index contributed by atoms with van der Waals surface area (Å²) in [6.07, 6.45) is 0. The van der Waals surface area contributed by atoms with E-state index in [-0.39, 0.29) is 5.91 Å². The number of ether oxygens (including phenoxy) is 3. The fourth-order valence-electron chi connectivity index (χ4n) is 3.85. The fraction of sp³-hybridized carbons (Fsp3) is 0.435. The Hall–Kier alpha value is -2.77. The average molecular weight is 412 g/mol. The summed E-state index contributed by atoms with van der Waals surface area (Å²) in [7, 11) is 3.51. The van der Waals surface area contributed by atoms with Gasteiger partial charge in [-0.15, -0.1) is 0 Å². The number of carbonyl (C=O) groups excluding carboxylic acids is 1. The Balaban J connectivity index is 1.22. The first-order chi connectivity index (χ1) is 14.6. The third-order valence-corrected chi connectivity index (χ3v) is 5.65. The monoisotopic (exact) mass is 411 g/mol. The Bertz CT molecular complexity index is 881. The second-order valence-electron chi connectivity index (χ2n) is 7.84. The van der Waals surface area contributed by atoms with E-state index in [1.165, 1.54) is 5.56 Å². The van der Waals surface area contributed by atoms with Crippen molar-refractivity contribution in [3.05, 3.63) is 53.6 Å². The number of hydrogen-bond acceptors (Lipinski definition) is 6. The number of carbonyl (C=O) groups is 1. The minimum atomic E-state index is 0.141. The van der Waals surface area contributed by atoms with Crippen LogP contribution in [0.2, 0.25) is 0 Å². The highest BCUT2D eigenvalue weighted by Gasteiger charge is 2.21. The molecule has 0 unspecified atom stereocenters. The predicted octanol–water partition coefficient (Wildman–Crippen LogP) is 2.20. The molecular weight excluding hydrogens is 382 g/mol. The Kier molecular flexibility index (Phi) is 6.40. The lowest BCUT2D eigenvalue weighted by Gasteiger charge is -2.35. The standard InChI is InChI=1S/C23H29N3O4/c1-24(14-18-4-3-5-20(12-18)28-2)23(27)16-26-10-8-25(9-11-26)15-19-6-7-21-22(13-19)30-17-29-21/h3-7,12-13H,8-11,14-17H2,1-2H3. The normalized spacial score (nSPS) is 16.5. The van der Waals surface area contributed by atoms with Gasteiger partial charge in [0.15, 0.2) is 11.5 Å². The van der Waals surface area contributed by atoms with Crippen LogP contribution in [0.1, 0.15) is 11.1 Å². The molecule has 0 spiro atoms. The molecule has 0 aliphatic carbocycles. The van der Waals surface area contributed by atoms with Crippen molar-refractivity contribution in [1.82, 2.24) is 14.7 Å². The van der Waals surface area contributed by atoms with Crippen molar-refractivity contribution >= 4 is 5.91 Å². The SMILES string of the molecule is COc1cccc(CN(C)C(=O)CN2CCN(Cc3ccc4c(c3)OCO4)CC2)c1. The van der Waals surface area contributed by atoms with Crippen LogP contribution in [0.4, 0.5) is 0 Å². The van der Waals surface area contributed by atoms with Crippen molar-refractivity contribution in [2.24, 2.45) is 0 Å². The van der Waals surface area contributed by atoms with Gasteiger partial charge in [0.05, 0.1) is 13.7 Å². The van der Waals surface area contributed by atoms with Gasteiger partial charge in [0.25, 0.3) is 0 Å². The van der Waals surface area contributed by atoms with Crippen LogP contribution in [-0.4, -0.2) is 74.3 Å². The van der Waals surface area contributed by atoms with E-state index in [0.29, 0.717) is 19.9 Å². The third-order valence-electron chi connectivity index (χ3n) is 5.65. The molecule has 7 nitrogen and oxygen atoms in total. The van der Waals surface area contributed by atoms with Gasteiger partial charge >= 0.3 is 0 Å². The van der Waals surface area contributed by atoms with Crippen molar-refractivity contribution in [2.75, 3.05) is 53.7 Å². The number of methoxy groups -OCH3 is 1. The van der Waals surface area contributed by atoms with Gasteiger partial charge in [-0.1, -0.05) is 18.2 Å². The van der Waals surface area contributed by atoms with Crippen molar-refractivity contribution in [1.29, 1.82) is 0 Å². The summed E-state index contributed by atoms with van der Waals surface area (Å²) in [5, 5.41) is 0. The van der Waals surface area contributed by atoms with Gasteiger partial charge < -0.3 is 19.1 Å². The highest BCUT2D eigenvalue weighted by Crippen LogP contribution is 2.32. The Morgan fingerprint density at radius 3 is 2.57 bits per heavy atom. The van der Waals surface area contributed by atoms with Gasteiger partial charge in [-0.25, -0.2) is 0 Å². The Labute approximate surface area is 177 Å². The summed E-state index contributed by atoms with van der Waals surface area (Å²) in [4.78, 5) is 19.1. The van der Waals surface area contributed by atoms with E-state index in [1.807, 2.05) is 37.4 Å². The van der Waals surface area contributed by atoms with Gasteiger partial charge in [0.1, 0.15) is 5.75 Å². The molecule has 2 aliphatic rings. The molecule has 2 aromatic rings. The number of piperazine rings is 1. The highest BCUT2D eigenvalue weighted by molar-refractivity contribution is 5.78. The van der Waals surface area contributed by atoms with Gasteiger partial charge in [-0.3, -0.25) is 14.6 Å². The number of likely N-dealkylation sites (N-methyl/N-ethyl adjacent to an activating group) is 1. The van der Waals surface area contributed by atoms with E-state index in [9.17, 15) is 4.79 Å². The maximum atomic E-state index is 12.7. The summed E-state index contributed by atoms with van der Waals surface area (Å²) in [5.74, 6) is 2.60. The minimum Gasteiger partial charge on any atom is -0.497 e. The largest absolute Gasteiger partial charge is 0.497 e. The first-order valence-electron chi connectivity index (χ1n) is 10.3. The number of hydrogen-bond donors (Lipinski definition) is 0. The van der Waals surface area contributed by atoms with Gasteiger partial charge in [-0.05, 0) is 35.4 Å². The molecule has 0 N–H and O–H groups in total. The van der Waals surface area contributed by atoms with E-state index in [2.05, 4.69) is 21.9 Å². The smallest absolute Gasteiger partial charge is 0.236 e. The molecule has 2 heterocycles. The fourth-order valence-corrected chi connectivity index (χ4v) is 3.85. The van der Waals surface area contributed by atoms with Gasteiger partial charge in [-0.2, -0.15) is 0 Å². The number of rotatable bonds is 7. The van der Waals surface area contributed by atoms with E-state index in [0.717, 1.165) is 55.5 Å². The second kappa shape index (κ2) is 9.36. The average Bonchev–Trinajstić information content (AvgIpc) is 3.23. The number of fused-ring (bicyclic) bond motifs is 1. The second-order valence-corrected chi connectivity index (χ2v) is 7.84. The van der Waals surface area contributed by atoms with Crippen LogP contribution in [0, 0.1) is 0 Å². The molecule has 1 fully saturated rings. The summed E-state index contributed by atoms with van der Waals surface area (Å²) in [5.41, 5.74) is 2.29. The zero-order valence-electron chi connectivity index (χ0n) is 17.7. The van der Waals surface area contributed by atoms with E-state index in [4.69, 9.17) is 14.2 Å². The predicted molar refractivity (Wildman–Crippen MR) is 114 cm³/mol. The van der Waals surface area contributed by atoms with Crippen LogP contribution < -0.4 is 14.2 Å². The maximum absolute atomic E-state index is 12.7. The topological polar surface area (TPSA) is 54.5 Å². The Morgan fingerprint density at radius 2 is 1.77 bits per heavy atom. The molecule has 160 valence electrons. The molecule has 0 radical (unpaired) electrons. The minimum absolute atomic E-state index is 0.141. The molecule has 1 saturated heterocycles. The Morgan fingerprint density at radius 1 is 1.00 bits per heavy atom. The zero-order chi connectivity index (χ0) is 20.9. The molecule has 2 aromatic carbocycles. The van der Waals surface area contributed by atoms with Crippen LogP contribution in [0.15, 0.2) is 42.5 Å². The summed E-state index contributed by atoms with van der Waals surface area (Å²) >= 11 is 0. The van der Waals surface area contributed by atoms with Crippen molar-refractivity contribution in [3.8, 4) is 17.2 Å². The molecule has 30 heavy (non-hydrogen) atoms. The number of nitrogens with zero attached hydrogens (tertiary/aromatic N) is 3. The molecule has 4 rings (SSSR count). The lowest BCUT2D eigenvalue weighted by atomic mass is 10.1. The maximum Gasteiger partial charge on any atom is 0.236 e. The molecule has 2 aliphatic heterocycles. The molecule has 0 atom stereocenters. The number of benzene rings is 2. The highest BCUT2D eigenvalue weighted by atomic mass is 16.7. The zero-order valence-corrected chi connectivity index (χ0v) is 17.7. The van der Waals surface area contributed by atoms with Gasteiger partial charge in [0.2, 0.25) is 12.7 Å². The quantitative estimate of drug-likeness (QED) is 0.696. The lowest BCUT2D eigenvalue weighted by molar-refractivity contribution is -0.132. The van der Waals surface area contributed by atoms with Crippen LogP contribution in [-0.2, 0) is 17.9 Å². The van der Waals surface area contributed by atoms with Crippen molar-refractivity contribution in [3.63, 3.8) is 0 Å². The molecule has 0 bridgehead atoms. The summed E-state index contributed by atoms with van der Waals surface area (Å²) in [6, 6.07) is 14.0. The van der Waals surface area contributed by atoms with Crippen LogP contribution in [0.3, 0.4) is 0 Å². The van der Waals surface area contributed by atoms with Crippen LogP contribution >= 0.6 is 0 Å². The molecule has 7 heteroatoms. The lowest BCUT2D eigenvalue weighted by Crippen LogP contribution is -2.49. The van der Waals surface area contributed by atoms with Gasteiger partial charge in [0, 0.05) is 46.3 Å². The molecule has 1 amide bonds. The molecule has 0 aromatic heterocycles. The summed E-state index contributed by atoms with van der Waals surface area (Å²) < 4.78 is 16.1. The first-order valence-corrected chi connectivity index (χ1v) is 10.3. The van der Waals surface area contributed by atoms with E-state index < -0.39 is 0 Å². The van der Waals surface area contributed by atoms with E-state index in [1.54, 1.807) is 12.0 Å². The van der Waals surface area contributed by atoms with Crippen molar-refractivity contribution in [2.45, 2.75) is 13.1 Å². The van der Waals surface area contributed by atoms with Crippen LogP contribution in [0.25, 0.3) is 0 Å². The number of amides is 1. The first kappa shape index (κ1) is 20.5. The van der Waals surface area contributed by atoms with Crippen LogP contribution in [0.5, 0.6) is 17.2 Å². The van der Waals surface area contributed by atoms with E-state index >= 15 is 0 Å².